The number of benzene rings is 1. The Morgan fingerprint density at radius 2 is 2.00 bits per heavy atom. The van der Waals surface area contributed by atoms with Crippen LogP contribution in [0.25, 0.3) is 0 Å². The smallest absolute Gasteiger partial charge is 0.366 e. The van der Waals surface area contributed by atoms with Gasteiger partial charge in [-0.25, -0.2) is 0 Å². The molecule has 16 heavy (non-hydrogen) atoms. The molecule has 0 bridgehead atoms. The van der Waals surface area contributed by atoms with E-state index in [1.54, 1.807) is 22.6 Å². The second-order valence-electron chi connectivity index (χ2n) is 2.85. The van der Waals surface area contributed by atoms with Crippen molar-refractivity contribution in [1.29, 1.82) is 5.26 Å². The Bertz CT molecular complexity index is 491. The van der Waals surface area contributed by atoms with Crippen molar-refractivity contribution in [3.63, 3.8) is 0 Å². The van der Waals surface area contributed by atoms with Gasteiger partial charge in [-0.05, 0) is 34.7 Å². The number of halogens is 4. The molecule has 7 heteroatoms. The first-order valence-electron chi connectivity index (χ1n) is 3.88. The summed E-state index contributed by atoms with van der Waals surface area (Å²) in [6, 6.07) is 3.48. The number of nitrogens with zero attached hydrogens (tertiary/aromatic N) is 1. The first-order chi connectivity index (χ1) is 7.27. The second kappa shape index (κ2) is 4.29. The topological polar surface area (TPSA) is 66.9 Å². The third kappa shape index (κ3) is 2.44. The summed E-state index contributed by atoms with van der Waals surface area (Å²) in [7, 11) is 0. The fraction of sp³-hybridized carbons (Fsp3) is 0.111. The summed E-state index contributed by atoms with van der Waals surface area (Å²) < 4.78 is 38.0. The monoisotopic (exact) mass is 340 g/mol. The van der Waals surface area contributed by atoms with Gasteiger partial charge < -0.3 is 5.73 Å². The molecule has 1 amide bonds. The minimum Gasteiger partial charge on any atom is -0.366 e. The van der Waals surface area contributed by atoms with E-state index in [0.717, 1.165) is 6.07 Å². The Balaban J connectivity index is 3.66. The van der Waals surface area contributed by atoms with Crippen LogP contribution < -0.4 is 5.73 Å². The van der Waals surface area contributed by atoms with E-state index in [2.05, 4.69) is 0 Å². The molecule has 0 radical (unpaired) electrons. The highest BCUT2D eigenvalue weighted by Gasteiger charge is 2.36. The first-order valence-corrected chi connectivity index (χ1v) is 4.96. The molecule has 1 aromatic carbocycles. The van der Waals surface area contributed by atoms with Crippen molar-refractivity contribution in [1.82, 2.24) is 0 Å². The Labute approximate surface area is 102 Å². The number of hydrogen-bond donors (Lipinski definition) is 1. The number of nitriles is 1. The van der Waals surface area contributed by atoms with Gasteiger partial charge in [-0.15, -0.1) is 0 Å². The molecule has 0 spiro atoms. The van der Waals surface area contributed by atoms with E-state index in [9.17, 15) is 18.0 Å². The number of nitrogens with two attached hydrogens (primary N) is 1. The van der Waals surface area contributed by atoms with Crippen LogP contribution in [0, 0.1) is 14.9 Å². The Kier molecular flexibility index (Phi) is 3.42. The SMILES string of the molecule is N#Cc1cc(I)cc(C(F)(F)F)c1C(N)=O. The van der Waals surface area contributed by atoms with Crippen LogP contribution in [0.3, 0.4) is 0 Å². The Hall–Kier alpha value is -1.30. The summed E-state index contributed by atoms with van der Waals surface area (Å²) in [5.41, 5.74) is 2.52. The fourth-order valence-electron chi connectivity index (χ4n) is 1.18. The van der Waals surface area contributed by atoms with Gasteiger partial charge in [0.2, 0.25) is 0 Å². The van der Waals surface area contributed by atoms with Crippen molar-refractivity contribution in [2.24, 2.45) is 5.73 Å². The molecular formula is C9H4F3IN2O. The van der Waals surface area contributed by atoms with Crippen molar-refractivity contribution in [2.45, 2.75) is 6.18 Å². The maximum atomic E-state index is 12.6. The summed E-state index contributed by atoms with van der Waals surface area (Å²) in [5.74, 6) is -1.26. The van der Waals surface area contributed by atoms with E-state index in [4.69, 9.17) is 11.0 Å². The molecule has 0 aromatic heterocycles. The molecule has 1 aromatic rings. The normalized spacial score (nSPS) is 10.9. The number of rotatable bonds is 1. The third-order valence-electron chi connectivity index (χ3n) is 1.78. The van der Waals surface area contributed by atoms with E-state index in [1.165, 1.54) is 12.1 Å². The lowest BCUT2D eigenvalue weighted by molar-refractivity contribution is -0.138. The molecule has 0 fully saturated rings. The number of hydrogen-bond acceptors (Lipinski definition) is 2. The van der Waals surface area contributed by atoms with Gasteiger partial charge in [-0.1, -0.05) is 0 Å². The number of alkyl halides is 3. The van der Waals surface area contributed by atoms with E-state index >= 15 is 0 Å². The standard InChI is InChI=1S/C9H4F3IN2O/c10-9(11,12)6-2-5(13)1-4(3-14)7(6)8(15)16/h1-2H,(H2,15,16). The predicted octanol–water partition coefficient (Wildman–Crippen LogP) is 2.28. The van der Waals surface area contributed by atoms with Crippen LogP contribution in [-0.4, -0.2) is 5.91 Å². The van der Waals surface area contributed by atoms with E-state index in [1.807, 2.05) is 0 Å². The summed E-state index contributed by atoms with van der Waals surface area (Å²) in [6.45, 7) is 0. The van der Waals surface area contributed by atoms with Crippen LogP contribution in [0.15, 0.2) is 12.1 Å². The molecule has 2 N–H and O–H groups in total. The van der Waals surface area contributed by atoms with E-state index in [-0.39, 0.29) is 9.13 Å². The Morgan fingerprint density at radius 1 is 1.44 bits per heavy atom. The molecule has 0 atom stereocenters. The zero-order valence-corrected chi connectivity index (χ0v) is 9.76. The highest BCUT2D eigenvalue weighted by atomic mass is 127. The fourth-order valence-corrected chi connectivity index (χ4v) is 1.81. The molecule has 0 aliphatic carbocycles. The molecule has 0 unspecified atom stereocenters. The zero-order chi connectivity index (χ0) is 12.5. The molecule has 0 aliphatic heterocycles. The molecule has 0 heterocycles. The molecule has 84 valence electrons. The second-order valence-corrected chi connectivity index (χ2v) is 4.10. The van der Waals surface area contributed by atoms with Crippen LogP contribution in [0.2, 0.25) is 0 Å². The predicted molar refractivity (Wildman–Crippen MR) is 57.4 cm³/mol. The van der Waals surface area contributed by atoms with Gasteiger partial charge in [0, 0.05) is 3.57 Å². The van der Waals surface area contributed by atoms with Crippen LogP contribution >= 0.6 is 22.6 Å². The van der Waals surface area contributed by atoms with Gasteiger partial charge in [0.1, 0.15) is 6.07 Å². The number of amides is 1. The van der Waals surface area contributed by atoms with Gasteiger partial charge in [0.15, 0.2) is 0 Å². The lowest BCUT2D eigenvalue weighted by Crippen LogP contribution is -2.20. The summed E-state index contributed by atoms with van der Waals surface area (Å²) in [5, 5.41) is 8.65. The molecule has 0 saturated heterocycles. The average molecular weight is 340 g/mol. The van der Waals surface area contributed by atoms with Crippen LogP contribution in [0.5, 0.6) is 0 Å². The lowest BCUT2D eigenvalue weighted by atomic mass is 10.0. The summed E-state index contributed by atoms with van der Waals surface area (Å²) in [4.78, 5) is 10.9. The third-order valence-corrected chi connectivity index (χ3v) is 2.40. The maximum Gasteiger partial charge on any atom is 0.417 e. The van der Waals surface area contributed by atoms with Gasteiger partial charge >= 0.3 is 6.18 Å². The average Bonchev–Trinajstić information content (AvgIpc) is 2.14. The van der Waals surface area contributed by atoms with Crippen molar-refractivity contribution >= 4 is 28.5 Å². The minimum atomic E-state index is -4.71. The van der Waals surface area contributed by atoms with Gasteiger partial charge in [-0.2, -0.15) is 18.4 Å². The lowest BCUT2D eigenvalue weighted by Gasteiger charge is -2.12. The number of carbonyl (C=O) groups excluding carboxylic acids is 1. The molecule has 1 rings (SSSR count). The summed E-state index contributed by atoms with van der Waals surface area (Å²) >= 11 is 1.63. The number of primary amides is 1. The van der Waals surface area contributed by atoms with Crippen LogP contribution in [0.4, 0.5) is 13.2 Å². The maximum absolute atomic E-state index is 12.6. The van der Waals surface area contributed by atoms with Gasteiger partial charge in [-0.3, -0.25) is 4.79 Å². The van der Waals surface area contributed by atoms with E-state index in [0.29, 0.717) is 0 Å². The van der Waals surface area contributed by atoms with E-state index < -0.39 is 23.2 Å². The number of carbonyl (C=O) groups is 1. The minimum absolute atomic E-state index is 0.214. The summed E-state index contributed by atoms with van der Waals surface area (Å²) in [6.07, 6.45) is -4.71. The highest BCUT2D eigenvalue weighted by Crippen LogP contribution is 2.34. The molecule has 3 nitrogen and oxygen atoms in total. The van der Waals surface area contributed by atoms with Crippen LogP contribution in [-0.2, 0) is 6.18 Å². The molecule has 0 aliphatic rings. The van der Waals surface area contributed by atoms with Crippen molar-refractivity contribution in [3.05, 3.63) is 32.4 Å². The Morgan fingerprint density at radius 3 is 2.38 bits per heavy atom. The van der Waals surface area contributed by atoms with Crippen molar-refractivity contribution in [3.8, 4) is 6.07 Å². The highest BCUT2D eigenvalue weighted by molar-refractivity contribution is 14.1. The molecular weight excluding hydrogens is 336 g/mol. The van der Waals surface area contributed by atoms with Crippen molar-refractivity contribution in [2.75, 3.05) is 0 Å². The molecule has 0 saturated carbocycles. The largest absolute Gasteiger partial charge is 0.417 e. The quantitative estimate of drug-likeness (QED) is 0.797. The van der Waals surface area contributed by atoms with Gasteiger partial charge in [0.25, 0.3) is 5.91 Å². The van der Waals surface area contributed by atoms with Crippen molar-refractivity contribution < 1.29 is 18.0 Å². The van der Waals surface area contributed by atoms with Gasteiger partial charge in [0.05, 0.1) is 16.7 Å². The van der Waals surface area contributed by atoms with Crippen LogP contribution in [0.1, 0.15) is 21.5 Å². The zero-order valence-electron chi connectivity index (χ0n) is 7.60. The first kappa shape index (κ1) is 12.8.